The number of β-amino-alcohol motifs (C(OH)–C–C–N with tert-alkyl or cyclic N) is 1. The number of carbonyl (C=O) groups is 1. The first kappa shape index (κ1) is 18.0. The lowest BCUT2D eigenvalue weighted by atomic mass is 10.1. The fraction of sp³-hybridized carbons (Fsp3) is 0.500. The zero-order chi connectivity index (χ0) is 19.0. The van der Waals surface area contributed by atoms with Gasteiger partial charge in [0.15, 0.2) is 0 Å². The van der Waals surface area contributed by atoms with Crippen LogP contribution < -0.4 is 0 Å². The number of phenols is 1. The van der Waals surface area contributed by atoms with Gasteiger partial charge in [0.1, 0.15) is 5.75 Å². The third-order valence-electron chi connectivity index (χ3n) is 5.46. The molecule has 1 aromatic heterocycles. The van der Waals surface area contributed by atoms with Gasteiger partial charge in [-0.25, -0.2) is 0 Å². The molecule has 2 N–H and O–H groups in total. The molecule has 0 radical (unpaired) electrons. The molecule has 144 valence electrons. The Bertz CT molecular complexity index is 848. The number of benzene rings is 1. The summed E-state index contributed by atoms with van der Waals surface area (Å²) < 4.78 is 1.98. The Labute approximate surface area is 158 Å². The van der Waals surface area contributed by atoms with Crippen molar-refractivity contribution in [3.05, 3.63) is 46.8 Å². The summed E-state index contributed by atoms with van der Waals surface area (Å²) in [6.07, 6.45) is 1.65. The molecule has 1 saturated heterocycles. The lowest BCUT2D eigenvalue weighted by Gasteiger charge is -2.29. The van der Waals surface area contributed by atoms with Crippen molar-refractivity contribution in [2.75, 3.05) is 19.6 Å². The van der Waals surface area contributed by atoms with E-state index in [1.807, 2.05) is 11.6 Å². The molecule has 2 aliphatic rings. The molecule has 0 bridgehead atoms. The summed E-state index contributed by atoms with van der Waals surface area (Å²) in [5.74, 6) is 0.0763. The molecule has 1 fully saturated rings. The standard InChI is InChI=1S/C20H26N4O3/c1-14-4-5-15(9-19(14)26)20(27)23-7-8-24-17(12-23)10-16(21-24)11-22-6-2-3-18(25)13-22/h4-5,9-10,18,25-26H,2-3,6-8,11-13H2,1H3/t18-/m0/s1. The van der Waals surface area contributed by atoms with Crippen molar-refractivity contribution in [3.8, 4) is 5.75 Å². The zero-order valence-electron chi connectivity index (χ0n) is 15.6. The first-order valence-electron chi connectivity index (χ1n) is 9.54. The monoisotopic (exact) mass is 370 g/mol. The average molecular weight is 370 g/mol. The largest absolute Gasteiger partial charge is 0.508 e. The van der Waals surface area contributed by atoms with E-state index >= 15 is 0 Å². The van der Waals surface area contributed by atoms with E-state index in [-0.39, 0.29) is 17.8 Å². The topological polar surface area (TPSA) is 81.8 Å². The Morgan fingerprint density at radius 2 is 2.11 bits per heavy atom. The number of phenolic OH excluding ortho intramolecular Hbond substituents is 1. The second-order valence-electron chi connectivity index (χ2n) is 7.61. The first-order valence-corrected chi connectivity index (χ1v) is 9.54. The fourth-order valence-corrected chi connectivity index (χ4v) is 3.91. The Morgan fingerprint density at radius 3 is 2.89 bits per heavy atom. The van der Waals surface area contributed by atoms with Crippen molar-refractivity contribution in [2.24, 2.45) is 0 Å². The van der Waals surface area contributed by atoms with Crippen LogP contribution in [0.2, 0.25) is 0 Å². The minimum absolute atomic E-state index is 0.0709. The highest BCUT2D eigenvalue weighted by molar-refractivity contribution is 5.94. The molecular formula is C20H26N4O3. The molecule has 3 heterocycles. The molecule has 7 nitrogen and oxygen atoms in total. The maximum atomic E-state index is 12.8. The summed E-state index contributed by atoms with van der Waals surface area (Å²) in [6.45, 7) is 6.02. The number of rotatable bonds is 3. The van der Waals surface area contributed by atoms with Gasteiger partial charge in [0, 0.05) is 25.2 Å². The van der Waals surface area contributed by atoms with E-state index in [4.69, 9.17) is 0 Å². The molecule has 1 amide bonds. The van der Waals surface area contributed by atoms with Gasteiger partial charge in [0.25, 0.3) is 5.91 Å². The zero-order valence-corrected chi connectivity index (χ0v) is 15.6. The van der Waals surface area contributed by atoms with Gasteiger partial charge in [-0.15, -0.1) is 0 Å². The van der Waals surface area contributed by atoms with E-state index in [1.54, 1.807) is 17.0 Å². The summed E-state index contributed by atoms with van der Waals surface area (Å²) in [7, 11) is 0. The number of aromatic hydroxyl groups is 1. The van der Waals surface area contributed by atoms with Gasteiger partial charge in [-0.3, -0.25) is 14.4 Å². The minimum atomic E-state index is -0.241. The number of aryl methyl sites for hydroxylation is 1. The predicted octanol–water partition coefficient (Wildman–Crippen LogP) is 1.51. The van der Waals surface area contributed by atoms with Gasteiger partial charge in [-0.1, -0.05) is 6.07 Å². The van der Waals surface area contributed by atoms with E-state index in [9.17, 15) is 15.0 Å². The van der Waals surface area contributed by atoms with Crippen molar-refractivity contribution in [2.45, 2.75) is 45.5 Å². The molecule has 2 aromatic rings. The fourth-order valence-electron chi connectivity index (χ4n) is 3.91. The number of amides is 1. The van der Waals surface area contributed by atoms with E-state index in [0.717, 1.165) is 42.9 Å². The molecule has 1 aromatic carbocycles. The normalized spacial score (nSPS) is 20.5. The summed E-state index contributed by atoms with van der Waals surface area (Å²) in [5.41, 5.74) is 3.28. The molecule has 2 aliphatic heterocycles. The maximum Gasteiger partial charge on any atom is 0.254 e. The van der Waals surface area contributed by atoms with Crippen LogP contribution in [0.3, 0.4) is 0 Å². The van der Waals surface area contributed by atoms with Crippen molar-refractivity contribution in [1.82, 2.24) is 19.6 Å². The van der Waals surface area contributed by atoms with Crippen LogP contribution in [0.5, 0.6) is 5.75 Å². The molecular weight excluding hydrogens is 344 g/mol. The number of likely N-dealkylation sites (tertiary alicyclic amines) is 1. The molecule has 7 heteroatoms. The van der Waals surface area contributed by atoms with Crippen LogP contribution >= 0.6 is 0 Å². The van der Waals surface area contributed by atoms with E-state index in [1.165, 1.54) is 6.07 Å². The Balaban J connectivity index is 1.44. The van der Waals surface area contributed by atoms with Crippen molar-refractivity contribution >= 4 is 5.91 Å². The van der Waals surface area contributed by atoms with E-state index in [0.29, 0.717) is 31.7 Å². The third-order valence-corrected chi connectivity index (χ3v) is 5.46. The number of aliphatic hydroxyl groups excluding tert-OH is 1. The lowest BCUT2D eigenvalue weighted by Crippen LogP contribution is -2.38. The quantitative estimate of drug-likeness (QED) is 0.856. The summed E-state index contributed by atoms with van der Waals surface area (Å²) >= 11 is 0. The highest BCUT2D eigenvalue weighted by Gasteiger charge is 2.25. The summed E-state index contributed by atoms with van der Waals surface area (Å²) in [6, 6.07) is 7.13. The van der Waals surface area contributed by atoms with Crippen LogP contribution in [-0.2, 0) is 19.6 Å². The van der Waals surface area contributed by atoms with Crippen molar-refractivity contribution < 1.29 is 15.0 Å². The number of nitrogens with zero attached hydrogens (tertiary/aromatic N) is 4. The number of aromatic nitrogens is 2. The second-order valence-corrected chi connectivity index (χ2v) is 7.61. The number of hydrogen-bond donors (Lipinski definition) is 2. The number of hydrogen-bond acceptors (Lipinski definition) is 5. The number of piperidine rings is 1. The highest BCUT2D eigenvalue weighted by atomic mass is 16.3. The van der Waals surface area contributed by atoms with Crippen LogP contribution in [0.4, 0.5) is 0 Å². The molecule has 0 unspecified atom stereocenters. The minimum Gasteiger partial charge on any atom is -0.508 e. The van der Waals surface area contributed by atoms with Crippen molar-refractivity contribution in [1.29, 1.82) is 0 Å². The first-order chi connectivity index (χ1) is 13.0. The maximum absolute atomic E-state index is 12.8. The summed E-state index contributed by atoms with van der Waals surface area (Å²) in [4.78, 5) is 16.8. The Hall–Kier alpha value is -2.38. The van der Waals surface area contributed by atoms with E-state index < -0.39 is 0 Å². The molecule has 27 heavy (non-hydrogen) atoms. The molecule has 4 rings (SSSR count). The van der Waals surface area contributed by atoms with Gasteiger partial charge in [-0.05, 0) is 50.1 Å². The van der Waals surface area contributed by atoms with Gasteiger partial charge in [-0.2, -0.15) is 5.10 Å². The van der Waals surface area contributed by atoms with Crippen LogP contribution in [-0.4, -0.2) is 61.4 Å². The third kappa shape index (κ3) is 3.84. The number of carbonyl (C=O) groups excluding carboxylic acids is 1. The van der Waals surface area contributed by atoms with Crippen molar-refractivity contribution in [3.63, 3.8) is 0 Å². The smallest absolute Gasteiger partial charge is 0.254 e. The molecule has 0 spiro atoms. The molecule has 1 atom stereocenters. The van der Waals surface area contributed by atoms with Gasteiger partial charge in [0.2, 0.25) is 0 Å². The Morgan fingerprint density at radius 1 is 1.26 bits per heavy atom. The van der Waals surface area contributed by atoms with Gasteiger partial charge in [0.05, 0.1) is 30.6 Å². The predicted molar refractivity (Wildman–Crippen MR) is 100 cm³/mol. The average Bonchev–Trinajstić information content (AvgIpc) is 3.04. The molecule has 0 saturated carbocycles. The Kier molecular flexibility index (Phi) is 4.88. The summed E-state index contributed by atoms with van der Waals surface area (Å²) in [5, 5.41) is 24.4. The highest BCUT2D eigenvalue weighted by Crippen LogP contribution is 2.22. The van der Waals surface area contributed by atoms with Gasteiger partial charge < -0.3 is 15.1 Å². The lowest BCUT2D eigenvalue weighted by molar-refractivity contribution is 0.0661. The van der Waals surface area contributed by atoms with Crippen LogP contribution in [0.15, 0.2) is 24.3 Å². The number of aliphatic hydroxyl groups is 1. The number of fused-ring (bicyclic) bond motifs is 1. The van der Waals surface area contributed by atoms with Crippen LogP contribution in [0, 0.1) is 6.92 Å². The van der Waals surface area contributed by atoms with Gasteiger partial charge >= 0.3 is 0 Å². The second kappa shape index (κ2) is 7.32. The van der Waals surface area contributed by atoms with Crippen LogP contribution in [0.1, 0.15) is 40.2 Å². The van der Waals surface area contributed by atoms with Crippen LogP contribution in [0.25, 0.3) is 0 Å². The SMILES string of the molecule is Cc1ccc(C(=O)N2CCn3nc(CN4CCC[C@H](O)C4)cc3C2)cc1O. The molecule has 0 aliphatic carbocycles. The van der Waals surface area contributed by atoms with E-state index in [2.05, 4.69) is 16.1 Å².